The molecule has 2 rings (SSSR count). The van der Waals surface area contributed by atoms with Gasteiger partial charge in [-0.05, 0) is 28.7 Å². The maximum absolute atomic E-state index is 5.24. The number of nitrogens with two attached hydrogens (primary N) is 1. The molecule has 0 fully saturated rings. The van der Waals surface area contributed by atoms with Crippen LogP contribution in [0.4, 0.5) is 5.13 Å². The van der Waals surface area contributed by atoms with Gasteiger partial charge in [-0.15, -0.1) is 10.2 Å². The third kappa shape index (κ3) is 1.86. The number of nitrogens with zero attached hydrogens (tertiary/aromatic N) is 2. The zero-order valence-electron chi connectivity index (χ0n) is 7.07. The van der Waals surface area contributed by atoms with Gasteiger partial charge in [-0.25, -0.2) is 5.84 Å². The Labute approximate surface area is 98.7 Å². The summed E-state index contributed by atoms with van der Waals surface area (Å²) in [6.07, 6.45) is 0. The van der Waals surface area contributed by atoms with E-state index < -0.39 is 0 Å². The van der Waals surface area contributed by atoms with E-state index in [-0.39, 0.29) is 0 Å². The van der Waals surface area contributed by atoms with Crippen LogP contribution in [-0.4, -0.2) is 10.2 Å². The molecule has 0 spiro atoms. The van der Waals surface area contributed by atoms with Gasteiger partial charge in [0.25, 0.3) is 0 Å². The molecule has 0 saturated heterocycles. The monoisotopic (exact) mass is 318 g/mol. The summed E-state index contributed by atoms with van der Waals surface area (Å²) < 4.78 is 1.16. The first-order valence-corrected chi connectivity index (χ1v) is 5.76. The van der Waals surface area contributed by atoms with Crippen LogP contribution in [0.3, 0.4) is 0 Å². The first kappa shape index (κ1) is 9.81. The Hall–Kier alpha value is -0.730. The summed E-state index contributed by atoms with van der Waals surface area (Å²) in [7, 11) is 0. The standard InChI is InChI=1S/C8H7IN4S/c9-6-4-2-1-3-5(6)7-12-13-8(11-10)14-7/h1-4H,10H2,(H,11,13). The van der Waals surface area contributed by atoms with E-state index in [4.69, 9.17) is 5.84 Å². The van der Waals surface area contributed by atoms with Crippen LogP contribution in [0, 0.1) is 3.57 Å². The summed E-state index contributed by atoms with van der Waals surface area (Å²) in [5.74, 6) is 5.24. The van der Waals surface area contributed by atoms with Gasteiger partial charge < -0.3 is 0 Å². The molecule has 0 aliphatic heterocycles. The van der Waals surface area contributed by atoms with E-state index in [0.29, 0.717) is 5.13 Å². The molecule has 14 heavy (non-hydrogen) atoms. The number of rotatable bonds is 2. The van der Waals surface area contributed by atoms with E-state index in [1.54, 1.807) is 0 Å². The molecule has 1 aromatic heterocycles. The number of nitrogen functional groups attached to an aromatic ring is 1. The maximum atomic E-state index is 5.24. The van der Waals surface area contributed by atoms with Gasteiger partial charge in [-0.3, -0.25) is 5.43 Å². The molecule has 0 aliphatic rings. The number of aromatic nitrogens is 2. The van der Waals surface area contributed by atoms with Crippen LogP contribution in [0.15, 0.2) is 24.3 Å². The summed E-state index contributed by atoms with van der Waals surface area (Å²) in [5.41, 5.74) is 3.57. The average Bonchev–Trinajstić information content (AvgIpc) is 2.67. The van der Waals surface area contributed by atoms with Crippen LogP contribution < -0.4 is 11.3 Å². The highest BCUT2D eigenvalue weighted by atomic mass is 127. The van der Waals surface area contributed by atoms with Gasteiger partial charge in [0.05, 0.1) is 0 Å². The van der Waals surface area contributed by atoms with E-state index in [1.165, 1.54) is 11.3 Å². The minimum atomic E-state index is 0.625. The molecule has 0 bridgehead atoms. The molecule has 0 aliphatic carbocycles. The number of benzene rings is 1. The third-order valence-corrected chi connectivity index (χ3v) is 3.48. The summed E-state index contributed by atoms with van der Waals surface area (Å²) in [6, 6.07) is 8.03. The molecular formula is C8H7IN4S. The minimum absolute atomic E-state index is 0.625. The zero-order valence-corrected chi connectivity index (χ0v) is 10.0. The van der Waals surface area contributed by atoms with Crippen molar-refractivity contribution in [1.82, 2.24) is 10.2 Å². The number of nitrogens with one attached hydrogen (secondary N) is 1. The first-order chi connectivity index (χ1) is 6.81. The molecule has 0 saturated carbocycles. The van der Waals surface area contributed by atoms with E-state index >= 15 is 0 Å². The molecular weight excluding hydrogens is 311 g/mol. The molecule has 6 heteroatoms. The third-order valence-electron chi connectivity index (χ3n) is 1.65. The van der Waals surface area contributed by atoms with Crippen molar-refractivity contribution in [3.8, 4) is 10.6 Å². The topological polar surface area (TPSA) is 63.8 Å². The summed E-state index contributed by atoms with van der Waals surface area (Å²) in [4.78, 5) is 0. The molecule has 3 N–H and O–H groups in total. The molecule has 0 unspecified atom stereocenters. The normalized spacial score (nSPS) is 10.1. The highest BCUT2D eigenvalue weighted by molar-refractivity contribution is 14.1. The molecule has 0 radical (unpaired) electrons. The van der Waals surface area contributed by atoms with Gasteiger partial charge in [-0.2, -0.15) is 0 Å². The molecule has 2 aromatic rings. The van der Waals surface area contributed by atoms with Crippen molar-refractivity contribution in [2.24, 2.45) is 5.84 Å². The van der Waals surface area contributed by atoms with E-state index in [0.717, 1.165) is 14.1 Å². The van der Waals surface area contributed by atoms with Crippen LogP contribution in [0.25, 0.3) is 10.6 Å². The van der Waals surface area contributed by atoms with Gasteiger partial charge in [0.1, 0.15) is 0 Å². The highest BCUT2D eigenvalue weighted by Crippen LogP contribution is 2.29. The smallest absolute Gasteiger partial charge is 0.220 e. The lowest BCUT2D eigenvalue weighted by atomic mass is 10.2. The fraction of sp³-hybridized carbons (Fsp3) is 0. The lowest BCUT2D eigenvalue weighted by Crippen LogP contribution is -2.05. The zero-order chi connectivity index (χ0) is 9.97. The molecule has 4 nitrogen and oxygen atoms in total. The SMILES string of the molecule is NNc1nnc(-c2ccccc2I)s1. The Morgan fingerprint density at radius 1 is 1.29 bits per heavy atom. The Bertz CT molecular complexity index is 442. The van der Waals surface area contributed by atoms with Gasteiger partial charge >= 0.3 is 0 Å². The first-order valence-electron chi connectivity index (χ1n) is 3.86. The summed E-state index contributed by atoms with van der Waals surface area (Å²) >= 11 is 3.71. The van der Waals surface area contributed by atoms with Crippen molar-refractivity contribution in [1.29, 1.82) is 0 Å². The number of anilines is 1. The van der Waals surface area contributed by atoms with Gasteiger partial charge in [0.15, 0.2) is 5.01 Å². The molecule has 0 amide bonds. The Morgan fingerprint density at radius 2 is 2.07 bits per heavy atom. The largest absolute Gasteiger partial charge is 0.298 e. The van der Waals surface area contributed by atoms with E-state index in [1.807, 2.05) is 24.3 Å². The van der Waals surface area contributed by atoms with Crippen molar-refractivity contribution >= 4 is 39.1 Å². The van der Waals surface area contributed by atoms with Gasteiger partial charge in [-0.1, -0.05) is 29.5 Å². The highest BCUT2D eigenvalue weighted by Gasteiger charge is 2.07. The van der Waals surface area contributed by atoms with E-state index in [9.17, 15) is 0 Å². The van der Waals surface area contributed by atoms with Gasteiger partial charge in [0.2, 0.25) is 5.13 Å². The van der Waals surface area contributed by atoms with Crippen LogP contribution in [-0.2, 0) is 0 Å². The minimum Gasteiger partial charge on any atom is -0.298 e. The Balaban J connectivity index is 2.44. The lowest BCUT2D eigenvalue weighted by Gasteiger charge is -1.97. The summed E-state index contributed by atoms with van der Waals surface area (Å²) in [6.45, 7) is 0. The molecule has 1 aromatic carbocycles. The van der Waals surface area contributed by atoms with Crippen molar-refractivity contribution in [2.45, 2.75) is 0 Å². The second-order valence-electron chi connectivity index (χ2n) is 2.54. The fourth-order valence-corrected chi connectivity index (χ4v) is 2.54. The average molecular weight is 318 g/mol. The van der Waals surface area contributed by atoms with Crippen molar-refractivity contribution in [3.63, 3.8) is 0 Å². The quantitative estimate of drug-likeness (QED) is 0.506. The summed E-state index contributed by atoms with van der Waals surface area (Å²) in [5, 5.41) is 9.42. The maximum Gasteiger partial charge on any atom is 0.220 e. The number of halogens is 1. The van der Waals surface area contributed by atoms with Crippen molar-refractivity contribution in [2.75, 3.05) is 5.43 Å². The molecule has 1 heterocycles. The Kier molecular flexibility index (Phi) is 2.94. The lowest BCUT2D eigenvalue weighted by molar-refractivity contribution is 1.08. The fourth-order valence-electron chi connectivity index (χ4n) is 1.03. The van der Waals surface area contributed by atoms with Crippen LogP contribution in [0.1, 0.15) is 0 Å². The van der Waals surface area contributed by atoms with Crippen molar-refractivity contribution < 1.29 is 0 Å². The molecule has 72 valence electrons. The Morgan fingerprint density at radius 3 is 2.71 bits per heavy atom. The predicted molar refractivity (Wildman–Crippen MR) is 65.9 cm³/mol. The van der Waals surface area contributed by atoms with Gasteiger partial charge in [0, 0.05) is 9.13 Å². The number of hydrogen-bond acceptors (Lipinski definition) is 5. The number of hydrazine groups is 1. The predicted octanol–water partition coefficient (Wildman–Crippen LogP) is 2.10. The molecule has 0 atom stereocenters. The van der Waals surface area contributed by atoms with E-state index in [2.05, 4.69) is 38.2 Å². The van der Waals surface area contributed by atoms with Crippen LogP contribution >= 0.6 is 33.9 Å². The van der Waals surface area contributed by atoms with Crippen LogP contribution in [0.2, 0.25) is 0 Å². The van der Waals surface area contributed by atoms with Crippen molar-refractivity contribution in [3.05, 3.63) is 27.8 Å². The van der Waals surface area contributed by atoms with Crippen LogP contribution in [0.5, 0.6) is 0 Å². The second kappa shape index (κ2) is 4.20. The number of hydrogen-bond donors (Lipinski definition) is 2. The second-order valence-corrected chi connectivity index (χ2v) is 4.68.